The molecule has 0 bridgehead atoms. The zero-order chi connectivity index (χ0) is 12.3. The number of benzene rings is 1. The fourth-order valence-corrected chi connectivity index (χ4v) is 1.99. The minimum atomic E-state index is 0.849. The van der Waals surface area contributed by atoms with Crippen LogP contribution >= 0.6 is 0 Å². The van der Waals surface area contributed by atoms with Gasteiger partial charge in [-0.05, 0) is 32.3 Å². The lowest BCUT2D eigenvalue weighted by molar-refractivity contribution is 0.913. The third-order valence-electron chi connectivity index (χ3n) is 2.96. The van der Waals surface area contributed by atoms with Gasteiger partial charge in [0.05, 0.1) is 5.69 Å². The molecule has 0 aliphatic heterocycles. The number of hydrogen-bond donors (Lipinski definition) is 2. The molecule has 2 aromatic rings. The Morgan fingerprint density at radius 2 is 2.06 bits per heavy atom. The molecular weight excluding hydrogens is 210 g/mol. The molecule has 0 aliphatic carbocycles. The Morgan fingerprint density at radius 3 is 2.71 bits per heavy atom. The maximum absolute atomic E-state index is 4.50. The highest BCUT2D eigenvalue weighted by Crippen LogP contribution is 2.12. The minimum absolute atomic E-state index is 0.849. The predicted octanol–water partition coefficient (Wildman–Crippen LogP) is 2.85. The Morgan fingerprint density at radius 1 is 1.24 bits per heavy atom. The van der Waals surface area contributed by atoms with Crippen LogP contribution < -0.4 is 5.32 Å². The molecule has 0 unspecified atom stereocenters. The minimum Gasteiger partial charge on any atom is -0.359 e. The molecule has 0 atom stereocenters. The number of nitrogens with zero attached hydrogens (tertiary/aromatic N) is 1. The van der Waals surface area contributed by atoms with E-state index in [1.807, 2.05) is 7.05 Å². The third kappa shape index (κ3) is 2.87. The van der Waals surface area contributed by atoms with Crippen molar-refractivity contribution in [3.63, 3.8) is 0 Å². The molecule has 0 saturated carbocycles. The van der Waals surface area contributed by atoms with E-state index in [9.17, 15) is 0 Å². The molecule has 2 N–H and O–H groups in total. The lowest BCUT2D eigenvalue weighted by atomic mass is 10.1. The van der Waals surface area contributed by atoms with Crippen molar-refractivity contribution >= 4 is 5.95 Å². The molecule has 0 radical (unpaired) electrons. The Balaban J connectivity index is 2.04. The van der Waals surface area contributed by atoms with E-state index in [0.29, 0.717) is 0 Å². The van der Waals surface area contributed by atoms with E-state index in [1.165, 1.54) is 11.1 Å². The Hall–Kier alpha value is -1.77. The molecule has 3 nitrogen and oxygen atoms in total. The van der Waals surface area contributed by atoms with Crippen LogP contribution in [0.3, 0.4) is 0 Å². The zero-order valence-electron chi connectivity index (χ0n) is 10.7. The van der Waals surface area contributed by atoms with Gasteiger partial charge in [0.25, 0.3) is 0 Å². The topological polar surface area (TPSA) is 40.7 Å². The highest BCUT2D eigenvalue weighted by molar-refractivity contribution is 5.31. The average Bonchev–Trinajstić information content (AvgIpc) is 2.68. The normalized spacial score (nSPS) is 10.5. The van der Waals surface area contributed by atoms with Crippen molar-refractivity contribution < 1.29 is 0 Å². The van der Waals surface area contributed by atoms with Crippen molar-refractivity contribution in [2.75, 3.05) is 12.4 Å². The number of H-pyrrole nitrogens is 1. The summed E-state index contributed by atoms with van der Waals surface area (Å²) in [7, 11) is 1.88. The maximum Gasteiger partial charge on any atom is 0.200 e. The average molecular weight is 229 g/mol. The second kappa shape index (κ2) is 5.04. The molecule has 3 heteroatoms. The van der Waals surface area contributed by atoms with Crippen LogP contribution in [0.5, 0.6) is 0 Å². The van der Waals surface area contributed by atoms with E-state index in [2.05, 4.69) is 53.4 Å². The summed E-state index contributed by atoms with van der Waals surface area (Å²) >= 11 is 0. The first-order valence-electron chi connectivity index (χ1n) is 5.98. The van der Waals surface area contributed by atoms with Crippen LogP contribution in [-0.4, -0.2) is 17.0 Å². The van der Waals surface area contributed by atoms with Crippen LogP contribution in [0, 0.1) is 13.8 Å². The number of aromatic amines is 1. The van der Waals surface area contributed by atoms with Gasteiger partial charge < -0.3 is 10.3 Å². The van der Waals surface area contributed by atoms with Gasteiger partial charge in [-0.2, -0.15) is 0 Å². The number of nitrogens with one attached hydrogen (secondary N) is 2. The Bertz CT molecular complexity index is 500. The summed E-state index contributed by atoms with van der Waals surface area (Å²) < 4.78 is 0. The van der Waals surface area contributed by atoms with Crippen molar-refractivity contribution in [3.05, 3.63) is 46.8 Å². The lowest BCUT2D eigenvalue weighted by Gasteiger charge is -2.01. The first-order chi connectivity index (χ1) is 8.19. The van der Waals surface area contributed by atoms with Crippen LogP contribution in [0.4, 0.5) is 5.95 Å². The molecule has 0 saturated heterocycles. The maximum atomic E-state index is 4.50. The molecular formula is C14H19N3. The molecule has 0 aliphatic rings. The van der Waals surface area contributed by atoms with E-state index in [-0.39, 0.29) is 0 Å². The number of aryl methyl sites for hydroxylation is 4. The Labute approximate surface area is 102 Å². The van der Waals surface area contributed by atoms with Crippen molar-refractivity contribution in [1.29, 1.82) is 0 Å². The van der Waals surface area contributed by atoms with Crippen LogP contribution in [0.25, 0.3) is 0 Å². The summed E-state index contributed by atoms with van der Waals surface area (Å²) in [6.07, 6.45) is 2.02. The van der Waals surface area contributed by atoms with Crippen molar-refractivity contribution in [3.8, 4) is 0 Å². The lowest BCUT2D eigenvalue weighted by Crippen LogP contribution is -1.94. The van der Waals surface area contributed by atoms with Crippen molar-refractivity contribution in [2.45, 2.75) is 26.7 Å². The predicted molar refractivity (Wildman–Crippen MR) is 71.5 cm³/mol. The summed E-state index contributed by atoms with van der Waals surface area (Å²) in [5.74, 6) is 0.849. The smallest absolute Gasteiger partial charge is 0.200 e. The van der Waals surface area contributed by atoms with Crippen LogP contribution in [0.1, 0.15) is 22.5 Å². The van der Waals surface area contributed by atoms with Crippen LogP contribution in [0.2, 0.25) is 0 Å². The monoisotopic (exact) mass is 229 g/mol. The van der Waals surface area contributed by atoms with Gasteiger partial charge in [-0.1, -0.05) is 29.8 Å². The summed E-state index contributed by atoms with van der Waals surface area (Å²) in [5, 5.41) is 3.03. The second-order valence-electron chi connectivity index (χ2n) is 4.40. The van der Waals surface area contributed by atoms with E-state index >= 15 is 0 Å². The van der Waals surface area contributed by atoms with Gasteiger partial charge in [0.1, 0.15) is 0 Å². The number of aromatic nitrogens is 2. The van der Waals surface area contributed by atoms with Gasteiger partial charge in [-0.3, -0.25) is 0 Å². The fourth-order valence-electron chi connectivity index (χ4n) is 1.99. The molecule has 1 aromatic heterocycles. The van der Waals surface area contributed by atoms with Gasteiger partial charge in [0.15, 0.2) is 5.95 Å². The van der Waals surface area contributed by atoms with Gasteiger partial charge in [-0.25, -0.2) is 4.98 Å². The molecule has 1 aromatic carbocycles. The van der Waals surface area contributed by atoms with Gasteiger partial charge in [0.2, 0.25) is 0 Å². The first kappa shape index (κ1) is 11.7. The van der Waals surface area contributed by atoms with Crippen LogP contribution in [0.15, 0.2) is 24.3 Å². The van der Waals surface area contributed by atoms with E-state index in [0.717, 1.165) is 30.2 Å². The molecule has 0 amide bonds. The molecule has 17 heavy (non-hydrogen) atoms. The molecule has 1 heterocycles. The number of imidazole rings is 1. The largest absolute Gasteiger partial charge is 0.359 e. The van der Waals surface area contributed by atoms with Crippen molar-refractivity contribution in [2.24, 2.45) is 0 Å². The number of anilines is 1. The summed E-state index contributed by atoms with van der Waals surface area (Å²) in [5.41, 5.74) is 4.99. The standard InChI is InChI=1S/C14H19N3/c1-10-5-4-6-12(9-10)7-8-13-11(2)16-14(15-3)17-13/h4-6,9H,7-8H2,1-3H3,(H2,15,16,17). The Kier molecular flexibility index (Phi) is 3.47. The van der Waals surface area contributed by atoms with E-state index < -0.39 is 0 Å². The highest BCUT2D eigenvalue weighted by Gasteiger charge is 2.05. The first-order valence-corrected chi connectivity index (χ1v) is 5.98. The SMILES string of the molecule is CNc1nc(CCc2cccc(C)c2)c(C)[nH]1. The fraction of sp³-hybridized carbons (Fsp3) is 0.357. The van der Waals surface area contributed by atoms with E-state index in [4.69, 9.17) is 0 Å². The molecule has 0 fully saturated rings. The molecule has 0 spiro atoms. The third-order valence-corrected chi connectivity index (χ3v) is 2.96. The van der Waals surface area contributed by atoms with Crippen LogP contribution in [-0.2, 0) is 12.8 Å². The summed E-state index contributed by atoms with van der Waals surface area (Å²) in [6.45, 7) is 4.20. The van der Waals surface area contributed by atoms with Gasteiger partial charge in [0, 0.05) is 12.7 Å². The quantitative estimate of drug-likeness (QED) is 0.846. The highest BCUT2D eigenvalue weighted by atomic mass is 15.1. The summed E-state index contributed by atoms with van der Waals surface area (Å²) in [4.78, 5) is 7.72. The van der Waals surface area contributed by atoms with Gasteiger partial charge in [-0.15, -0.1) is 0 Å². The number of hydrogen-bond acceptors (Lipinski definition) is 2. The second-order valence-corrected chi connectivity index (χ2v) is 4.40. The summed E-state index contributed by atoms with van der Waals surface area (Å²) in [6, 6.07) is 8.65. The molecule has 90 valence electrons. The number of rotatable bonds is 4. The van der Waals surface area contributed by atoms with Gasteiger partial charge >= 0.3 is 0 Å². The zero-order valence-corrected chi connectivity index (χ0v) is 10.7. The van der Waals surface area contributed by atoms with Crippen molar-refractivity contribution in [1.82, 2.24) is 9.97 Å². The molecule has 2 rings (SSSR count). The van der Waals surface area contributed by atoms with E-state index in [1.54, 1.807) is 0 Å².